The Morgan fingerprint density at radius 2 is 1.62 bits per heavy atom. The topological polar surface area (TPSA) is 82.6 Å². The molecule has 34 heavy (non-hydrogen) atoms. The van der Waals surface area contributed by atoms with Crippen LogP contribution < -0.4 is 5.32 Å². The third-order valence-electron chi connectivity index (χ3n) is 5.93. The van der Waals surface area contributed by atoms with E-state index in [0.717, 1.165) is 18.7 Å². The summed E-state index contributed by atoms with van der Waals surface area (Å²) in [6, 6.07) is 17.2. The first-order valence-electron chi connectivity index (χ1n) is 11.1. The number of benzene rings is 2. The third kappa shape index (κ3) is 5.31. The molecule has 1 aromatic heterocycles. The van der Waals surface area contributed by atoms with Crippen molar-refractivity contribution in [2.24, 2.45) is 0 Å². The predicted molar refractivity (Wildman–Crippen MR) is 135 cm³/mol. The fourth-order valence-electron chi connectivity index (χ4n) is 3.90. The molecule has 9 heteroatoms. The molecule has 7 nitrogen and oxygen atoms in total. The van der Waals surface area contributed by atoms with Crippen molar-refractivity contribution in [1.29, 1.82) is 0 Å². The van der Waals surface area contributed by atoms with Gasteiger partial charge in [-0.15, -0.1) is 0 Å². The van der Waals surface area contributed by atoms with E-state index in [0.29, 0.717) is 41.1 Å². The Bertz CT molecular complexity index is 1250. The standard InChI is InChI=1S/C25H27ClN4O3S/c1-18(2)29-14-16-30(17-15-29)34(32,33)22-11-9-21(10-12-22)28-25(31)20-7-5-19(6-8-20)24-23(26)4-3-13-27-24/h3-13,18H,14-17H2,1-2H3,(H,28,31). The largest absolute Gasteiger partial charge is 0.322 e. The van der Waals surface area contributed by atoms with Crippen LogP contribution in [-0.2, 0) is 10.0 Å². The molecule has 0 spiro atoms. The number of sulfonamides is 1. The Morgan fingerprint density at radius 3 is 2.21 bits per heavy atom. The summed E-state index contributed by atoms with van der Waals surface area (Å²) in [5, 5.41) is 3.35. The lowest BCUT2D eigenvalue weighted by Gasteiger charge is -2.36. The third-order valence-corrected chi connectivity index (χ3v) is 8.15. The minimum absolute atomic E-state index is 0.222. The SMILES string of the molecule is CC(C)N1CCN(S(=O)(=O)c2ccc(NC(=O)c3ccc(-c4ncccc4Cl)cc3)cc2)CC1. The molecule has 1 amide bonds. The highest BCUT2D eigenvalue weighted by Gasteiger charge is 2.29. The number of halogens is 1. The fourth-order valence-corrected chi connectivity index (χ4v) is 5.55. The highest BCUT2D eigenvalue weighted by Crippen LogP contribution is 2.26. The number of hydrogen-bond donors (Lipinski definition) is 1. The van der Waals surface area contributed by atoms with Gasteiger partial charge in [-0.05, 0) is 62.4 Å². The van der Waals surface area contributed by atoms with Crippen LogP contribution in [0.25, 0.3) is 11.3 Å². The van der Waals surface area contributed by atoms with E-state index in [9.17, 15) is 13.2 Å². The number of piperazine rings is 1. The van der Waals surface area contributed by atoms with Gasteiger partial charge in [0.1, 0.15) is 0 Å². The zero-order valence-corrected chi connectivity index (χ0v) is 20.7. The lowest BCUT2D eigenvalue weighted by molar-refractivity contribution is 0.102. The van der Waals surface area contributed by atoms with Crippen molar-refractivity contribution in [2.45, 2.75) is 24.8 Å². The normalized spacial score (nSPS) is 15.4. The summed E-state index contributed by atoms with van der Waals surface area (Å²) in [6.45, 7) is 6.60. The number of hydrogen-bond acceptors (Lipinski definition) is 5. The average molecular weight is 499 g/mol. The quantitative estimate of drug-likeness (QED) is 0.545. The lowest BCUT2D eigenvalue weighted by Crippen LogP contribution is -2.50. The van der Waals surface area contributed by atoms with Crippen LogP contribution in [0.1, 0.15) is 24.2 Å². The molecule has 0 atom stereocenters. The summed E-state index contributed by atoms with van der Waals surface area (Å²) in [6.07, 6.45) is 1.66. The van der Waals surface area contributed by atoms with Crippen LogP contribution >= 0.6 is 11.6 Å². The molecule has 0 radical (unpaired) electrons. The Balaban J connectivity index is 1.40. The van der Waals surface area contributed by atoms with Crippen molar-refractivity contribution in [3.05, 3.63) is 77.4 Å². The summed E-state index contributed by atoms with van der Waals surface area (Å²) >= 11 is 6.19. The van der Waals surface area contributed by atoms with Gasteiger partial charge in [-0.3, -0.25) is 14.7 Å². The van der Waals surface area contributed by atoms with Crippen LogP contribution in [0.2, 0.25) is 5.02 Å². The van der Waals surface area contributed by atoms with Gasteiger partial charge < -0.3 is 5.32 Å². The van der Waals surface area contributed by atoms with Crippen molar-refractivity contribution in [3.8, 4) is 11.3 Å². The van der Waals surface area contributed by atoms with Gasteiger partial charge in [0.2, 0.25) is 10.0 Å². The van der Waals surface area contributed by atoms with Gasteiger partial charge in [0, 0.05) is 55.2 Å². The first-order chi connectivity index (χ1) is 16.3. The number of carbonyl (C=O) groups is 1. The monoisotopic (exact) mass is 498 g/mol. The van der Waals surface area contributed by atoms with E-state index < -0.39 is 10.0 Å². The molecule has 0 aliphatic carbocycles. The second kappa shape index (κ2) is 10.2. The molecule has 2 heterocycles. The molecule has 0 unspecified atom stereocenters. The number of aromatic nitrogens is 1. The molecule has 178 valence electrons. The van der Waals surface area contributed by atoms with Gasteiger partial charge in [0.15, 0.2) is 0 Å². The van der Waals surface area contributed by atoms with E-state index in [-0.39, 0.29) is 10.8 Å². The van der Waals surface area contributed by atoms with Crippen LogP contribution in [0.4, 0.5) is 5.69 Å². The lowest BCUT2D eigenvalue weighted by atomic mass is 10.1. The van der Waals surface area contributed by atoms with Crippen molar-refractivity contribution in [2.75, 3.05) is 31.5 Å². The van der Waals surface area contributed by atoms with Crippen LogP contribution in [-0.4, -0.2) is 60.7 Å². The second-order valence-electron chi connectivity index (χ2n) is 8.42. The van der Waals surface area contributed by atoms with E-state index in [2.05, 4.69) is 29.0 Å². The van der Waals surface area contributed by atoms with Gasteiger partial charge in [0.25, 0.3) is 5.91 Å². The van der Waals surface area contributed by atoms with Crippen molar-refractivity contribution in [1.82, 2.24) is 14.2 Å². The molecule has 1 saturated heterocycles. The molecule has 0 saturated carbocycles. The van der Waals surface area contributed by atoms with Gasteiger partial charge in [-0.25, -0.2) is 8.42 Å². The molecule has 0 bridgehead atoms. The minimum atomic E-state index is -3.57. The minimum Gasteiger partial charge on any atom is -0.322 e. The van der Waals surface area contributed by atoms with Gasteiger partial charge in [-0.1, -0.05) is 23.7 Å². The molecular formula is C25H27ClN4O3S. The Morgan fingerprint density at radius 1 is 0.971 bits per heavy atom. The molecule has 4 rings (SSSR count). The first-order valence-corrected chi connectivity index (χ1v) is 12.9. The van der Waals surface area contributed by atoms with E-state index in [1.54, 1.807) is 54.7 Å². The first kappa shape index (κ1) is 24.3. The highest BCUT2D eigenvalue weighted by atomic mass is 35.5. The number of rotatable bonds is 6. The zero-order chi connectivity index (χ0) is 24.3. The smallest absolute Gasteiger partial charge is 0.255 e. The number of amides is 1. The molecule has 1 aliphatic heterocycles. The number of nitrogens with zero attached hydrogens (tertiary/aromatic N) is 3. The molecule has 1 fully saturated rings. The van der Waals surface area contributed by atoms with Crippen molar-refractivity contribution < 1.29 is 13.2 Å². The Hall–Kier alpha value is -2.78. The average Bonchev–Trinajstić information content (AvgIpc) is 2.85. The van der Waals surface area contributed by atoms with Crippen LogP contribution in [0.5, 0.6) is 0 Å². The molecule has 1 N–H and O–H groups in total. The van der Waals surface area contributed by atoms with Gasteiger partial charge >= 0.3 is 0 Å². The maximum absolute atomic E-state index is 13.0. The highest BCUT2D eigenvalue weighted by molar-refractivity contribution is 7.89. The van der Waals surface area contributed by atoms with Crippen LogP contribution in [0, 0.1) is 0 Å². The van der Waals surface area contributed by atoms with Crippen LogP contribution in [0.3, 0.4) is 0 Å². The summed E-state index contributed by atoms with van der Waals surface area (Å²) in [4.78, 5) is 19.4. The molecule has 1 aliphatic rings. The predicted octanol–water partition coefficient (Wildman–Crippen LogP) is 4.37. The maximum atomic E-state index is 13.0. The zero-order valence-electron chi connectivity index (χ0n) is 19.1. The summed E-state index contributed by atoms with van der Waals surface area (Å²) in [5.74, 6) is -0.293. The molecule has 2 aromatic carbocycles. The summed E-state index contributed by atoms with van der Waals surface area (Å²) in [7, 11) is -3.57. The van der Waals surface area contributed by atoms with Crippen molar-refractivity contribution >= 4 is 33.2 Å². The number of carbonyl (C=O) groups excluding carboxylic acids is 1. The molecular weight excluding hydrogens is 472 g/mol. The Labute approximate surface area is 205 Å². The summed E-state index contributed by atoms with van der Waals surface area (Å²) < 4.78 is 27.5. The maximum Gasteiger partial charge on any atom is 0.255 e. The van der Waals surface area contributed by atoms with Crippen LogP contribution in [0.15, 0.2) is 71.8 Å². The van der Waals surface area contributed by atoms with E-state index in [1.807, 2.05) is 0 Å². The summed E-state index contributed by atoms with van der Waals surface area (Å²) in [5.41, 5.74) is 2.45. The number of anilines is 1. The Kier molecular flexibility index (Phi) is 7.33. The van der Waals surface area contributed by atoms with E-state index in [4.69, 9.17) is 11.6 Å². The van der Waals surface area contributed by atoms with Gasteiger partial charge in [-0.2, -0.15) is 4.31 Å². The van der Waals surface area contributed by atoms with E-state index >= 15 is 0 Å². The fraction of sp³-hybridized carbons (Fsp3) is 0.280. The second-order valence-corrected chi connectivity index (χ2v) is 10.8. The van der Waals surface area contributed by atoms with Crippen molar-refractivity contribution in [3.63, 3.8) is 0 Å². The molecule has 3 aromatic rings. The van der Waals surface area contributed by atoms with E-state index in [1.165, 1.54) is 16.4 Å². The number of pyridine rings is 1. The number of nitrogens with one attached hydrogen (secondary N) is 1. The van der Waals surface area contributed by atoms with Gasteiger partial charge in [0.05, 0.1) is 15.6 Å².